The molecule has 0 unspecified atom stereocenters. The molecule has 2 heterocycles. The highest BCUT2D eigenvalue weighted by Gasteiger charge is 2.25. The zero-order valence-corrected chi connectivity index (χ0v) is 20.1. The number of piperidine rings is 1. The molecule has 7 heteroatoms. The molecular weight excluding hydrogens is 422 g/mol. The highest BCUT2D eigenvalue weighted by molar-refractivity contribution is 7.14. The minimum atomic E-state index is -0.228. The lowest BCUT2D eigenvalue weighted by molar-refractivity contribution is -0.133. The maximum Gasteiger partial charge on any atom is 0.256 e. The van der Waals surface area contributed by atoms with E-state index in [0.717, 1.165) is 12.8 Å². The molecule has 1 aromatic carbocycles. The van der Waals surface area contributed by atoms with Gasteiger partial charge >= 0.3 is 0 Å². The van der Waals surface area contributed by atoms with Crippen LogP contribution in [0.3, 0.4) is 0 Å². The minimum Gasteiger partial charge on any atom is -0.349 e. The molecule has 1 fully saturated rings. The molecule has 0 atom stereocenters. The summed E-state index contributed by atoms with van der Waals surface area (Å²) in [5, 5.41) is 8.30. The molecule has 0 radical (unpaired) electrons. The van der Waals surface area contributed by atoms with Crippen molar-refractivity contribution in [2.24, 2.45) is 5.92 Å². The summed E-state index contributed by atoms with van der Waals surface area (Å²) in [7, 11) is 0. The molecule has 32 heavy (non-hydrogen) atoms. The van der Waals surface area contributed by atoms with Crippen molar-refractivity contribution < 1.29 is 14.4 Å². The second-order valence-electron chi connectivity index (χ2n) is 9.12. The predicted molar refractivity (Wildman–Crippen MR) is 129 cm³/mol. The third-order valence-electron chi connectivity index (χ3n) is 5.74. The van der Waals surface area contributed by atoms with Crippen molar-refractivity contribution in [1.29, 1.82) is 0 Å². The molecule has 1 saturated heterocycles. The summed E-state index contributed by atoms with van der Waals surface area (Å²) in [6, 6.07) is 9.30. The van der Waals surface area contributed by atoms with Crippen molar-refractivity contribution in [2.75, 3.05) is 18.4 Å². The Hall–Kier alpha value is -2.67. The van der Waals surface area contributed by atoms with Gasteiger partial charge in [-0.15, -0.1) is 11.3 Å². The monoisotopic (exact) mass is 455 g/mol. The predicted octanol–water partition coefficient (Wildman–Crippen LogP) is 4.89. The molecule has 3 rings (SSSR count). The number of carbonyl (C=O) groups is 3. The van der Waals surface area contributed by atoms with Crippen LogP contribution < -0.4 is 10.6 Å². The first-order valence-corrected chi connectivity index (χ1v) is 12.2. The number of thiophene rings is 1. The van der Waals surface area contributed by atoms with Gasteiger partial charge in [-0.25, -0.2) is 0 Å². The van der Waals surface area contributed by atoms with Gasteiger partial charge < -0.3 is 15.5 Å². The number of hydrogen-bond acceptors (Lipinski definition) is 4. The van der Waals surface area contributed by atoms with Gasteiger partial charge in [-0.2, -0.15) is 0 Å². The molecular formula is C25H33N3O3S. The van der Waals surface area contributed by atoms with Crippen LogP contribution in [0.15, 0.2) is 35.7 Å². The maximum atomic E-state index is 12.9. The summed E-state index contributed by atoms with van der Waals surface area (Å²) >= 11 is 1.34. The van der Waals surface area contributed by atoms with E-state index in [0.29, 0.717) is 47.5 Å². The van der Waals surface area contributed by atoms with Crippen molar-refractivity contribution in [2.45, 2.75) is 58.9 Å². The van der Waals surface area contributed by atoms with Gasteiger partial charge in [0.1, 0.15) is 5.00 Å². The summed E-state index contributed by atoms with van der Waals surface area (Å²) in [6.45, 7) is 9.63. The van der Waals surface area contributed by atoms with E-state index in [2.05, 4.69) is 24.5 Å². The zero-order valence-electron chi connectivity index (χ0n) is 19.3. The molecule has 1 aromatic heterocycles. The van der Waals surface area contributed by atoms with Crippen LogP contribution in [0.4, 0.5) is 5.00 Å². The lowest BCUT2D eigenvalue weighted by atomic mass is 10.0. The van der Waals surface area contributed by atoms with Gasteiger partial charge in [-0.05, 0) is 53.8 Å². The number of nitrogens with one attached hydrogen (secondary N) is 2. The number of amides is 3. The Morgan fingerprint density at radius 2 is 1.66 bits per heavy atom. The van der Waals surface area contributed by atoms with Gasteiger partial charge in [0.25, 0.3) is 11.8 Å². The fraction of sp³-hybridized carbons (Fsp3) is 0.480. The minimum absolute atomic E-state index is 0.0256. The van der Waals surface area contributed by atoms with E-state index in [1.165, 1.54) is 16.9 Å². The Labute approximate surface area is 194 Å². The van der Waals surface area contributed by atoms with Gasteiger partial charge in [-0.1, -0.05) is 39.8 Å². The van der Waals surface area contributed by atoms with E-state index < -0.39 is 0 Å². The Morgan fingerprint density at radius 3 is 2.25 bits per heavy atom. The van der Waals surface area contributed by atoms with Crippen molar-refractivity contribution in [3.63, 3.8) is 0 Å². The van der Waals surface area contributed by atoms with Crippen LogP contribution in [-0.4, -0.2) is 41.8 Å². The normalized spacial score (nSPS) is 14.6. The molecule has 2 aromatic rings. The Balaban J connectivity index is 1.55. The molecule has 0 aliphatic carbocycles. The summed E-state index contributed by atoms with van der Waals surface area (Å²) in [6.07, 6.45) is 2.04. The average molecular weight is 456 g/mol. The van der Waals surface area contributed by atoms with Crippen LogP contribution in [0.1, 0.15) is 79.2 Å². The van der Waals surface area contributed by atoms with E-state index in [1.54, 1.807) is 11.4 Å². The first-order chi connectivity index (χ1) is 15.2. The maximum absolute atomic E-state index is 12.9. The fourth-order valence-corrected chi connectivity index (χ4v) is 4.57. The molecule has 0 saturated carbocycles. The molecule has 0 bridgehead atoms. The number of carbonyl (C=O) groups excluding carboxylic acids is 3. The Bertz CT molecular complexity index is 942. The molecule has 6 nitrogen and oxygen atoms in total. The van der Waals surface area contributed by atoms with E-state index >= 15 is 0 Å². The molecule has 1 aliphatic rings. The molecule has 3 amide bonds. The van der Waals surface area contributed by atoms with Gasteiger partial charge in [-0.3, -0.25) is 14.4 Å². The number of benzene rings is 1. The topological polar surface area (TPSA) is 78.5 Å². The smallest absolute Gasteiger partial charge is 0.256 e. The molecule has 172 valence electrons. The van der Waals surface area contributed by atoms with Crippen LogP contribution in [0.5, 0.6) is 0 Å². The van der Waals surface area contributed by atoms with Crippen LogP contribution in [0.25, 0.3) is 0 Å². The van der Waals surface area contributed by atoms with E-state index in [9.17, 15) is 14.4 Å². The summed E-state index contributed by atoms with van der Waals surface area (Å²) < 4.78 is 0. The highest BCUT2D eigenvalue weighted by Crippen LogP contribution is 2.25. The third-order valence-corrected chi connectivity index (χ3v) is 6.57. The highest BCUT2D eigenvalue weighted by atomic mass is 32.1. The van der Waals surface area contributed by atoms with E-state index in [-0.39, 0.29) is 23.8 Å². The fourth-order valence-electron chi connectivity index (χ4n) is 3.79. The van der Waals surface area contributed by atoms with Crippen LogP contribution >= 0.6 is 11.3 Å². The SMILES string of the molecule is CC(C)CC(=O)N1CCC(NC(=O)c2ccsc2NC(=O)c2ccc(C(C)C)cc2)CC1. The van der Waals surface area contributed by atoms with Gasteiger partial charge in [0.05, 0.1) is 5.56 Å². The molecule has 2 N–H and O–H groups in total. The lowest BCUT2D eigenvalue weighted by Gasteiger charge is -2.32. The summed E-state index contributed by atoms with van der Waals surface area (Å²) in [5.41, 5.74) is 2.21. The quantitative estimate of drug-likeness (QED) is 0.624. The number of hydrogen-bond donors (Lipinski definition) is 2. The zero-order chi connectivity index (χ0) is 23.3. The average Bonchev–Trinajstić information content (AvgIpc) is 3.22. The number of likely N-dealkylation sites (tertiary alicyclic amines) is 1. The Morgan fingerprint density at radius 1 is 1.00 bits per heavy atom. The largest absolute Gasteiger partial charge is 0.349 e. The molecule has 1 aliphatic heterocycles. The second kappa shape index (κ2) is 10.8. The van der Waals surface area contributed by atoms with Crippen LogP contribution in [0.2, 0.25) is 0 Å². The lowest BCUT2D eigenvalue weighted by Crippen LogP contribution is -2.46. The van der Waals surface area contributed by atoms with Crippen LogP contribution in [0, 0.1) is 5.92 Å². The first-order valence-electron chi connectivity index (χ1n) is 11.3. The van der Waals surface area contributed by atoms with Crippen molar-refractivity contribution in [3.05, 3.63) is 52.4 Å². The summed E-state index contributed by atoms with van der Waals surface area (Å²) in [5.74, 6) is 0.520. The standard InChI is InChI=1S/C25H33N3O3S/c1-16(2)15-22(29)28-12-9-20(10-13-28)26-24(31)21-11-14-32-25(21)27-23(30)19-7-5-18(6-8-19)17(3)4/h5-8,11,14,16-17,20H,9-10,12-13,15H2,1-4H3,(H,26,31)(H,27,30). The third kappa shape index (κ3) is 6.19. The van der Waals surface area contributed by atoms with Crippen molar-refractivity contribution in [3.8, 4) is 0 Å². The number of rotatable bonds is 7. The van der Waals surface area contributed by atoms with Crippen molar-refractivity contribution in [1.82, 2.24) is 10.2 Å². The molecule has 0 spiro atoms. The summed E-state index contributed by atoms with van der Waals surface area (Å²) in [4.78, 5) is 39.7. The van der Waals surface area contributed by atoms with Crippen LogP contribution in [-0.2, 0) is 4.79 Å². The second-order valence-corrected chi connectivity index (χ2v) is 10.0. The van der Waals surface area contributed by atoms with Gasteiger partial charge in [0.2, 0.25) is 5.91 Å². The van der Waals surface area contributed by atoms with Gasteiger partial charge in [0.15, 0.2) is 0 Å². The van der Waals surface area contributed by atoms with Gasteiger partial charge in [0, 0.05) is 31.1 Å². The Kier molecular flexibility index (Phi) is 8.07. The first kappa shape index (κ1) is 24.0. The number of nitrogens with zero attached hydrogens (tertiary/aromatic N) is 1. The van der Waals surface area contributed by atoms with E-state index in [4.69, 9.17) is 0 Å². The number of anilines is 1. The van der Waals surface area contributed by atoms with Crippen molar-refractivity contribution >= 4 is 34.1 Å². The van der Waals surface area contributed by atoms with E-state index in [1.807, 2.05) is 43.0 Å².